The molecule has 1 aromatic rings. The van der Waals surface area contributed by atoms with Crippen LogP contribution in [0.3, 0.4) is 0 Å². The number of carbonyl (C=O) groups is 1. The van der Waals surface area contributed by atoms with Crippen molar-refractivity contribution < 1.29 is 13.6 Å². The van der Waals surface area contributed by atoms with E-state index in [9.17, 15) is 13.6 Å². The largest absolute Gasteiger partial charge is 0.334 e. The van der Waals surface area contributed by atoms with Crippen molar-refractivity contribution in [3.8, 4) is 0 Å². The van der Waals surface area contributed by atoms with Gasteiger partial charge in [-0.15, -0.1) is 0 Å². The third-order valence-electron chi connectivity index (χ3n) is 3.38. The van der Waals surface area contributed by atoms with Gasteiger partial charge in [-0.1, -0.05) is 6.92 Å². The number of hydrogen-bond donors (Lipinski definition) is 1. The maximum Gasteiger partial charge on any atom is 0.317 e. The molecule has 19 heavy (non-hydrogen) atoms. The first kappa shape index (κ1) is 13.8. The van der Waals surface area contributed by atoms with Crippen LogP contribution in [0.2, 0.25) is 0 Å². The normalized spacial score (nSPS) is 19.3. The summed E-state index contributed by atoms with van der Waals surface area (Å²) in [7, 11) is 0. The minimum absolute atomic E-state index is 0.00725. The molecule has 1 aliphatic heterocycles. The average Bonchev–Trinajstić information content (AvgIpc) is 2.39. The molecule has 1 aromatic carbocycles. The van der Waals surface area contributed by atoms with E-state index in [0.29, 0.717) is 5.92 Å². The van der Waals surface area contributed by atoms with E-state index < -0.39 is 11.6 Å². The molecule has 0 radical (unpaired) electrons. The minimum atomic E-state index is -0.506. The number of hydrogen-bond acceptors (Lipinski definition) is 1. The van der Waals surface area contributed by atoms with Gasteiger partial charge in [-0.2, -0.15) is 0 Å². The lowest BCUT2D eigenvalue weighted by molar-refractivity contribution is 0.169. The van der Waals surface area contributed by atoms with Crippen LogP contribution in [-0.4, -0.2) is 24.0 Å². The van der Waals surface area contributed by atoms with E-state index in [-0.39, 0.29) is 18.1 Å². The number of carbonyl (C=O) groups excluding carboxylic acids is 1. The molecule has 3 nitrogen and oxygen atoms in total. The number of rotatable bonds is 2. The molecule has 1 unspecified atom stereocenters. The monoisotopic (exact) mass is 268 g/mol. The SMILES string of the molecule is CC1CCCN(C(=O)NCc2cc(F)ccc2F)C1. The van der Waals surface area contributed by atoms with Gasteiger partial charge < -0.3 is 10.2 Å². The molecule has 0 saturated carbocycles. The van der Waals surface area contributed by atoms with Crippen LogP contribution < -0.4 is 5.32 Å². The molecule has 0 bridgehead atoms. The highest BCUT2D eigenvalue weighted by Crippen LogP contribution is 2.15. The molecule has 2 amide bonds. The highest BCUT2D eigenvalue weighted by molar-refractivity contribution is 5.74. The Morgan fingerprint density at radius 1 is 1.47 bits per heavy atom. The van der Waals surface area contributed by atoms with Gasteiger partial charge in [0.2, 0.25) is 0 Å². The van der Waals surface area contributed by atoms with Crippen molar-refractivity contribution in [3.05, 3.63) is 35.4 Å². The van der Waals surface area contributed by atoms with Crippen molar-refractivity contribution in [2.75, 3.05) is 13.1 Å². The average molecular weight is 268 g/mol. The molecule has 104 valence electrons. The Morgan fingerprint density at radius 2 is 2.26 bits per heavy atom. The third kappa shape index (κ3) is 3.66. The molecule has 1 aliphatic rings. The Bertz CT molecular complexity index is 465. The van der Waals surface area contributed by atoms with E-state index in [1.807, 2.05) is 0 Å². The molecule has 0 spiro atoms. The zero-order valence-corrected chi connectivity index (χ0v) is 11.0. The molecular formula is C14H18F2N2O. The van der Waals surface area contributed by atoms with Gasteiger partial charge in [-0.3, -0.25) is 0 Å². The van der Waals surface area contributed by atoms with Gasteiger partial charge in [0, 0.05) is 25.2 Å². The lowest BCUT2D eigenvalue weighted by Crippen LogP contribution is -2.44. The van der Waals surface area contributed by atoms with Crippen molar-refractivity contribution in [1.82, 2.24) is 10.2 Å². The Morgan fingerprint density at radius 3 is 3.00 bits per heavy atom. The summed E-state index contributed by atoms with van der Waals surface area (Å²) in [6, 6.07) is 3.02. The predicted molar refractivity (Wildman–Crippen MR) is 68.6 cm³/mol. The van der Waals surface area contributed by atoms with E-state index in [4.69, 9.17) is 0 Å². The molecule has 1 saturated heterocycles. The number of likely N-dealkylation sites (tertiary alicyclic amines) is 1. The molecule has 1 fully saturated rings. The predicted octanol–water partition coefficient (Wildman–Crippen LogP) is 2.91. The van der Waals surface area contributed by atoms with Gasteiger partial charge in [0.15, 0.2) is 0 Å². The Balaban J connectivity index is 1.91. The Labute approximate surface area is 111 Å². The molecule has 0 aromatic heterocycles. The second kappa shape index (κ2) is 5.99. The molecule has 5 heteroatoms. The summed E-state index contributed by atoms with van der Waals surface area (Å²) in [5, 5.41) is 2.64. The number of nitrogens with zero attached hydrogens (tertiary/aromatic N) is 1. The highest BCUT2D eigenvalue weighted by atomic mass is 19.1. The number of urea groups is 1. The van der Waals surface area contributed by atoms with Crippen molar-refractivity contribution in [3.63, 3.8) is 0 Å². The topological polar surface area (TPSA) is 32.3 Å². The van der Waals surface area contributed by atoms with Crippen molar-refractivity contribution in [1.29, 1.82) is 0 Å². The van der Waals surface area contributed by atoms with Crippen LogP contribution in [0.15, 0.2) is 18.2 Å². The van der Waals surface area contributed by atoms with E-state index in [0.717, 1.165) is 44.1 Å². The van der Waals surface area contributed by atoms with Crippen LogP contribution in [-0.2, 0) is 6.54 Å². The van der Waals surface area contributed by atoms with Crippen LogP contribution in [0, 0.1) is 17.6 Å². The summed E-state index contributed by atoms with van der Waals surface area (Å²) in [6.45, 7) is 3.55. The molecule has 1 N–H and O–H groups in total. The van der Waals surface area contributed by atoms with Crippen molar-refractivity contribution in [2.24, 2.45) is 5.92 Å². The maximum atomic E-state index is 13.4. The van der Waals surface area contributed by atoms with E-state index in [1.54, 1.807) is 4.90 Å². The number of halogens is 2. The summed E-state index contributed by atoms with van der Waals surface area (Å²) in [5.41, 5.74) is 0.165. The van der Waals surface area contributed by atoms with Gasteiger partial charge in [-0.25, -0.2) is 13.6 Å². The third-order valence-corrected chi connectivity index (χ3v) is 3.38. The zero-order valence-electron chi connectivity index (χ0n) is 11.0. The lowest BCUT2D eigenvalue weighted by atomic mass is 10.0. The summed E-state index contributed by atoms with van der Waals surface area (Å²) in [4.78, 5) is 13.6. The van der Waals surface area contributed by atoms with Crippen LogP contribution >= 0.6 is 0 Å². The first-order valence-corrected chi connectivity index (χ1v) is 6.53. The highest BCUT2D eigenvalue weighted by Gasteiger charge is 2.20. The molecule has 1 heterocycles. The van der Waals surface area contributed by atoms with Crippen molar-refractivity contribution >= 4 is 6.03 Å². The molecule has 2 rings (SSSR count). The number of piperidine rings is 1. The lowest BCUT2D eigenvalue weighted by Gasteiger charge is -2.30. The summed E-state index contributed by atoms with van der Waals surface area (Å²) < 4.78 is 26.4. The zero-order chi connectivity index (χ0) is 13.8. The first-order chi connectivity index (χ1) is 9.06. The van der Waals surface area contributed by atoms with Gasteiger partial charge >= 0.3 is 6.03 Å². The van der Waals surface area contributed by atoms with Gasteiger partial charge in [-0.05, 0) is 37.0 Å². The standard InChI is InChI=1S/C14H18F2N2O/c1-10-3-2-6-18(9-10)14(19)17-8-11-7-12(15)4-5-13(11)16/h4-5,7,10H,2-3,6,8-9H2,1H3,(H,17,19). The molecule has 0 aliphatic carbocycles. The Kier molecular flexibility index (Phi) is 4.35. The fourth-order valence-corrected chi connectivity index (χ4v) is 2.34. The van der Waals surface area contributed by atoms with Crippen LogP contribution in [0.4, 0.5) is 13.6 Å². The van der Waals surface area contributed by atoms with Crippen LogP contribution in [0.25, 0.3) is 0 Å². The number of amides is 2. The fraction of sp³-hybridized carbons (Fsp3) is 0.500. The van der Waals surface area contributed by atoms with E-state index in [1.165, 1.54) is 0 Å². The van der Waals surface area contributed by atoms with Crippen molar-refractivity contribution in [2.45, 2.75) is 26.3 Å². The van der Waals surface area contributed by atoms with Gasteiger partial charge in [0.25, 0.3) is 0 Å². The first-order valence-electron chi connectivity index (χ1n) is 6.53. The van der Waals surface area contributed by atoms with Crippen LogP contribution in [0.5, 0.6) is 0 Å². The molecular weight excluding hydrogens is 250 g/mol. The summed E-state index contributed by atoms with van der Waals surface area (Å²) in [6.07, 6.45) is 2.12. The fourth-order valence-electron chi connectivity index (χ4n) is 2.34. The van der Waals surface area contributed by atoms with Gasteiger partial charge in [0.1, 0.15) is 11.6 Å². The summed E-state index contributed by atoms with van der Waals surface area (Å²) >= 11 is 0. The second-order valence-electron chi connectivity index (χ2n) is 5.09. The second-order valence-corrected chi connectivity index (χ2v) is 5.09. The van der Waals surface area contributed by atoms with E-state index >= 15 is 0 Å². The van der Waals surface area contributed by atoms with Crippen LogP contribution in [0.1, 0.15) is 25.3 Å². The minimum Gasteiger partial charge on any atom is -0.334 e. The smallest absolute Gasteiger partial charge is 0.317 e. The van der Waals surface area contributed by atoms with Gasteiger partial charge in [0.05, 0.1) is 0 Å². The quantitative estimate of drug-likeness (QED) is 0.878. The number of nitrogens with one attached hydrogen (secondary N) is 1. The molecule has 1 atom stereocenters. The summed E-state index contributed by atoms with van der Waals surface area (Å²) in [5.74, 6) is -0.517. The number of benzene rings is 1. The maximum absolute atomic E-state index is 13.4. The Hall–Kier alpha value is -1.65. The van der Waals surface area contributed by atoms with E-state index in [2.05, 4.69) is 12.2 Å².